The van der Waals surface area contributed by atoms with Gasteiger partial charge in [0.2, 0.25) is 5.91 Å². The molecule has 5 heteroatoms. The first-order valence-electron chi connectivity index (χ1n) is 9.19. The molecule has 3 rings (SSSR count). The molecule has 1 amide bonds. The Balaban J connectivity index is 1.69. The summed E-state index contributed by atoms with van der Waals surface area (Å²) in [4.78, 5) is 17.4. The number of anilines is 2. The Hall–Kier alpha value is -2.53. The first-order chi connectivity index (χ1) is 12.7. The van der Waals surface area contributed by atoms with Crippen LogP contribution in [-0.4, -0.2) is 50.6 Å². The summed E-state index contributed by atoms with van der Waals surface area (Å²) in [5.41, 5.74) is 2.86. The topological polar surface area (TPSA) is 44.8 Å². The Labute approximate surface area is 155 Å². The van der Waals surface area contributed by atoms with Crippen LogP contribution in [0.15, 0.2) is 48.5 Å². The Morgan fingerprint density at radius 1 is 1.04 bits per heavy atom. The van der Waals surface area contributed by atoms with Gasteiger partial charge in [0.15, 0.2) is 0 Å². The lowest BCUT2D eigenvalue weighted by atomic mass is 10.1. The molecule has 26 heavy (non-hydrogen) atoms. The molecule has 1 fully saturated rings. The van der Waals surface area contributed by atoms with E-state index >= 15 is 0 Å². The third-order valence-corrected chi connectivity index (χ3v) is 4.88. The number of methoxy groups -OCH3 is 1. The number of carbonyl (C=O) groups is 1. The van der Waals surface area contributed by atoms with E-state index in [9.17, 15) is 4.79 Å². The molecule has 0 unspecified atom stereocenters. The van der Waals surface area contributed by atoms with E-state index in [4.69, 9.17) is 4.74 Å². The van der Waals surface area contributed by atoms with Gasteiger partial charge in [-0.15, -0.1) is 0 Å². The van der Waals surface area contributed by atoms with Gasteiger partial charge in [0.1, 0.15) is 5.75 Å². The van der Waals surface area contributed by atoms with Crippen LogP contribution in [0.5, 0.6) is 5.75 Å². The largest absolute Gasteiger partial charge is 0.496 e. The van der Waals surface area contributed by atoms with Crippen LogP contribution in [0.2, 0.25) is 0 Å². The van der Waals surface area contributed by atoms with Crippen LogP contribution in [0.4, 0.5) is 11.4 Å². The predicted octanol–water partition coefficient (Wildman–Crippen LogP) is 3.02. The molecular weight excluding hydrogens is 326 g/mol. The minimum absolute atomic E-state index is 0.0332. The van der Waals surface area contributed by atoms with Crippen molar-refractivity contribution in [1.82, 2.24) is 4.90 Å². The highest BCUT2D eigenvalue weighted by Gasteiger charge is 2.19. The fourth-order valence-corrected chi connectivity index (χ4v) is 3.38. The number of ether oxygens (including phenoxy) is 1. The van der Waals surface area contributed by atoms with E-state index in [1.54, 1.807) is 7.11 Å². The molecule has 0 spiro atoms. The molecule has 5 nitrogen and oxygen atoms in total. The normalized spacial score (nSPS) is 14.9. The molecule has 1 aliphatic rings. The van der Waals surface area contributed by atoms with E-state index < -0.39 is 0 Å². The molecule has 2 aromatic carbocycles. The van der Waals surface area contributed by atoms with Crippen molar-refractivity contribution >= 4 is 17.3 Å². The van der Waals surface area contributed by atoms with Gasteiger partial charge in [-0.25, -0.2) is 0 Å². The van der Waals surface area contributed by atoms with E-state index in [1.165, 1.54) is 0 Å². The molecule has 0 atom stereocenters. The van der Waals surface area contributed by atoms with Gasteiger partial charge in [0, 0.05) is 31.7 Å². The van der Waals surface area contributed by atoms with Crippen LogP contribution < -0.4 is 15.0 Å². The van der Waals surface area contributed by atoms with Crippen molar-refractivity contribution in [2.24, 2.45) is 0 Å². The van der Waals surface area contributed by atoms with Crippen LogP contribution in [0.25, 0.3) is 0 Å². The Morgan fingerprint density at radius 2 is 1.73 bits per heavy atom. The van der Waals surface area contributed by atoms with Crippen molar-refractivity contribution in [3.8, 4) is 5.75 Å². The molecule has 1 aliphatic heterocycles. The van der Waals surface area contributed by atoms with Crippen molar-refractivity contribution in [2.45, 2.75) is 13.3 Å². The second-order valence-electron chi connectivity index (χ2n) is 6.48. The number of hydrogen-bond donors (Lipinski definition) is 1. The highest BCUT2D eigenvalue weighted by molar-refractivity contribution is 5.95. The number of benzene rings is 2. The number of nitrogens with one attached hydrogen (secondary N) is 1. The second-order valence-corrected chi connectivity index (χ2v) is 6.48. The highest BCUT2D eigenvalue weighted by Crippen LogP contribution is 2.27. The van der Waals surface area contributed by atoms with E-state index in [2.05, 4.69) is 28.1 Å². The number of carbonyl (C=O) groups excluding carboxylic acids is 1. The predicted molar refractivity (Wildman–Crippen MR) is 106 cm³/mol. The fourth-order valence-electron chi connectivity index (χ4n) is 3.38. The molecule has 1 saturated heterocycles. The number of hydrogen-bond acceptors (Lipinski definition) is 4. The lowest BCUT2D eigenvalue weighted by Gasteiger charge is -2.36. The Kier molecular flexibility index (Phi) is 6.12. The summed E-state index contributed by atoms with van der Waals surface area (Å²) >= 11 is 0. The minimum atomic E-state index is -0.0332. The summed E-state index contributed by atoms with van der Waals surface area (Å²) in [5, 5.41) is 3.08. The van der Waals surface area contributed by atoms with Crippen molar-refractivity contribution in [2.75, 3.05) is 50.1 Å². The van der Waals surface area contributed by atoms with Gasteiger partial charge in [0.05, 0.1) is 24.9 Å². The summed E-state index contributed by atoms with van der Waals surface area (Å²) in [5.74, 6) is 0.709. The van der Waals surface area contributed by atoms with Crippen LogP contribution in [0.1, 0.15) is 12.5 Å². The standard InChI is InChI=1S/C21H27N3O2/c1-3-23-12-14-24(15-13-23)19-10-6-5-9-18(19)22-21(25)16-17-8-4-7-11-20(17)26-2/h4-11H,3,12-16H2,1-2H3,(H,22,25). The average molecular weight is 353 g/mol. The van der Waals surface area contributed by atoms with E-state index in [0.29, 0.717) is 6.42 Å². The van der Waals surface area contributed by atoms with E-state index in [1.807, 2.05) is 42.5 Å². The Morgan fingerprint density at radius 3 is 2.46 bits per heavy atom. The first kappa shape index (κ1) is 18.3. The molecule has 0 aliphatic carbocycles. The molecule has 0 radical (unpaired) electrons. The van der Waals surface area contributed by atoms with Gasteiger partial charge in [-0.3, -0.25) is 4.79 Å². The molecule has 0 aromatic heterocycles. The summed E-state index contributed by atoms with van der Waals surface area (Å²) in [6, 6.07) is 15.7. The number of para-hydroxylation sites is 3. The van der Waals surface area contributed by atoms with Crippen LogP contribution in [-0.2, 0) is 11.2 Å². The number of likely N-dealkylation sites (N-methyl/N-ethyl adjacent to an activating group) is 1. The summed E-state index contributed by atoms with van der Waals surface area (Å²) in [6.45, 7) is 7.35. The van der Waals surface area contributed by atoms with Crippen LogP contribution in [0.3, 0.4) is 0 Å². The van der Waals surface area contributed by atoms with Crippen molar-refractivity contribution < 1.29 is 9.53 Å². The summed E-state index contributed by atoms with van der Waals surface area (Å²) < 4.78 is 5.34. The van der Waals surface area contributed by atoms with Gasteiger partial charge in [0.25, 0.3) is 0 Å². The first-order valence-corrected chi connectivity index (χ1v) is 9.19. The molecular formula is C21H27N3O2. The monoisotopic (exact) mass is 353 g/mol. The SMILES string of the molecule is CCN1CCN(c2ccccc2NC(=O)Cc2ccccc2OC)CC1. The fraction of sp³-hybridized carbons (Fsp3) is 0.381. The zero-order valence-corrected chi connectivity index (χ0v) is 15.6. The summed E-state index contributed by atoms with van der Waals surface area (Å²) in [7, 11) is 1.63. The number of amides is 1. The second kappa shape index (κ2) is 8.72. The lowest BCUT2D eigenvalue weighted by Crippen LogP contribution is -2.46. The summed E-state index contributed by atoms with van der Waals surface area (Å²) in [6.07, 6.45) is 0.294. The van der Waals surface area contributed by atoms with Crippen molar-refractivity contribution in [3.05, 3.63) is 54.1 Å². The lowest BCUT2D eigenvalue weighted by molar-refractivity contribution is -0.115. The van der Waals surface area contributed by atoms with Gasteiger partial charge in [-0.2, -0.15) is 0 Å². The van der Waals surface area contributed by atoms with E-state index in [-0.39, 0.29) is 5.91 Å². The molecule has 138 valence electrons. The van der Waals surface area contributed by atoms with Crippen LogP contribution in [0, 0.1) is 0 Å². The van der Waals surface area contributed by atoms with Gasteiger partial charge < -0.3 is 19.9 Å². The molecule has 1 N–H and O–H groups in total. The van der Waals surface area contributed by atoms with E-state index in [0.717, 1.165) is 55.4 Å². The number of nitrogens with zero attached hydrogens (tertiary/aromatic N) is 2. The molecule has 1 heterocycles. The number of rotatable bonds is 6. The maximum absolute atomic E-state index is 12.6. The molecule has 0 saturated carbocycles. The van der Waals surface area contributed by atoms with Gasteiger partial charge in [-0.1, -0.05) is 37.3 Å². The van der Waals surface area contributed by atoms with Crippen LogP contribution >= 0.6 is 0 Å². The number of piperazine rings is 1. The molecule has 2 aromatic rings. The third kappa shape index (κ3) is 4.35. The average Bonchev–Trinajstić information content (AvgIpc) is 2.69. The zero-order valence-electron chi connectivity index (χ0n) is 15.6. The maximum atomic E-state index is 12.6. The highest BCUT2D eigenvalue weighted by atomic mass is 16.5. The minimum Gasteiger partial charge on any atom is -0.496 e. The molecule has 0 bridgehead atoms. The smallest absolute Gasteiger partial charge is 0.228 e. The van der Waals surface area contributed by atoms with Gasteiger partial charge >= 0.3 is 0 Å². The van der Waals surface area contributed by atoms with Crippen molar-refractivity contribution in [1.29, 1.82) is 0 Å². The third-order valence-electron chi connectivity index (χ3n) is 4.88. The maximum Gasteiger partial charge on any atom is 0.228 e. The quantitative estimate of drug-likeness (QED) is 0.867. The Bertz CT molecular complexity index is 740. The zero-order chi connectivity index (χ0) is 18.4. The van der Waals surface area contributed by atoms with Gasteiger partial charge in [-0.05, 0) is 24.7 Å². The van der Waals surface area contributed by atoms with Crippen molar-refractivity contribution in [3.63, 3.8) is 0 Å².